The van der Waals surface area contributed by atoms with Gasteiger partial charge in [-0.25, -0.2) is 4.98 Å². The summed E-state index contributed by atoms with van der Waals surface area (Å²) in [5.41, 5.74) is 6.20. The van der Waals surface area contributed by atoms with Gasteiger partial charge in [0, 0.05) is 18.7 Å². The lowest BCUT2D eigenvalue weighted by Gasteiger charge is -2.33. The van der Waals surface area contributed by atoms with E-state index in [1.807, 2.05) is 72.5 Å². The standard InChI is InChI=1S/C27H23N3O4/c1-17-12-25-23(13-19(17)15-30-10-11-33-16-24(30)27(31)32)29-26(34-25)21-9-5-8-20(22(21)14-28)18-6-3-2-4-7-18/h2-9,12-13,24H,10-11,15-16H2,1H3,(H,31,32)/t24-/m0/s1. The molecule has 5 rings (SSSR count). The molecular weight excluding hydrogens is 430 g/mol. The lowest BCUT2D eigenvalue weighted by atomic mass is 9.96. The molecule has 1 N–H and O–H groups in total. The number of hydrogen-bond acceptors (Lipinski definition) is 6. The normalized spacial score (nSPS) is 16.4. The van der Waals surface area contributed by atoms with Crippen LogP contribution in [0, 0.1) is 18.3 Å². The molecule has 0 aliphatic carbocycles. The minimum absolute atomic E-state index is 0.180. The number of oxazole rings is 1. The van der Waals surface area contributed by atoms with Crippen LogP contribution in [-0.2, 0) is 16.1 Å². The van der Waals surface area contributed by atoms with Crippen molar-refractivity contribution >= 4 is 17.1 Å². The molecule has 1 aromatic heterocycles. The largest absolute Gasteiger partial charge is 0.480 e. The molecule has 170 valence electrons. The summed E-state index contributed by atoms with van der Waals surface area (Å²) in [7, 11) is 0. The van der Waals surface area contributed by atoms with Crippen molar-refractivity contribution in [2.24, 2.45) is 0 Å². The van der Waals surface area contributed by atoms with Crippen molar-refractivity contribution in [3.8, 4) is 28.7 Å². The fraction of sp³-hybridized carbons (Fsp3) is 0.222. The summed E-state index contributed by atoms with van der Waals surface area (Å²) in [5.74, 6) is -0.500. The molecule has 4 aromatic rings. The third kappa shape index (κ3) is 4.05. The van der Waals surface area contributed by atoms with Crippen molar-refractivity contribution in [1.29, 1.82) is 5.26 Å². The number of benzene rings is 3. The Morgan fingerprint density at radius 1 is 1.18 bits per heavy atom. The van der Waals surface area contributed by atoms with E-state index < -0.39 is 12.0 Å². The third-order valence-electron chi connectivity index (χ3n) is 6.24. The highest BCUT2D eigenvalue weighted by molar-refractivity contribution is 5.83. The molecule has 0 amide bonds. The maximum Gasteiger partial charge on any atom is 0.323 e. The van der Waals surface area contributed by atoms with Crippen LogP contribution in [0.5, 0.6) is 0 Å². The van der Waals surface area contributed by atoms with Crippen LogP contribution in [0.4, 0.5) is 0 Å². The quantitative estimate of drug-likeness (QED) is 0.470. The van der Waals surface area contributed by atoms with E-state index in [0.29, 0.717) is 47.8 Å². The minimum Gasteiger partial charge on any atom is -0.480 e. The third-order valence-corrected chi connectivity index (χ3v) is 6.24. The van der Waals surface area contributed by atoms with E-state index >= 15 is 0 Å². The lowest BCUT2D eigenvalue weighted by Crippen LogP contribution is -2.49. The number of rotatable bonds is 5. The Balaban J connectivity index is 1.52. The van der Waals surface area contributed by atoms with Crippen LogP contribution in [0.25, 0.3) is 33.7 Å². The molecular formula is C27H23N3O4. The lowest BCUT2D eigenvalue weighted by molar-refractivity contribution is -0.150. The number of nitriles is 1. The van der Waals surface area contributed by atoms with E-state index in [1.54, 1.807) is 0 Å². The van der Waals surface area contributed by atoms with E-state index in [4.69, 9.17) is 14.1 Å². The zero-order valence-electron chi connectivity index (χ0n) is 18.7. The number of fused-ring (bicyclic) bond motifs is 1. The molecule has 7 heteroatoms. The fourth-order valence-corrected chi connectivity index (χ4v) is 4.39. The molecule has 1 atom stereocenters. The monoisotopic (exact) mass is 453 g/mol. The summed E-state index contributed by atoms with van der Waals surface area (Å²) in [4.78, 5) is 18.2. The molecule has 1 aliphatic heterocycles. The van der Waals surface area contributed by atoms with Gasteiger partial charge in [0.15, 0.2) is 5.58 Å². The van der Waals surface area contributed by atoms with E-state index in [-0.39, 0.29) is 6.61 Å². The zero-order valence-corrected chi connectivity index (χ0v) is 18.7. The second kappa shape index (κ2) is 9.10. The molecule has 1 saturated heterocycles. The Labute approximate surface area is 196 Å². The zero-order chi connectivity index (χ0) is 23.7. The number of aliphatic carboxylic acids is 1. The van der Waals surface area contributed by atoms with Crippen LogP contribution in [-0.4, -0.2) is 46.8 Å². The highest BCUT2D eigenvalue weighted by Gasteiger charge is 2.29. The molecule has 0 unspecified atom stereocenters. The first kappa shape index (κ1) is 21.8. The van der Waals surface area contributed by atoms with Crippen LogP contribution in [0.2, 0.25) is 0 Å². The van der Waals surface area contributed by atoms with Crippen LogP contribution < -0.4 is 0 Å². The number of nitrogens with zero attached hydrogens (tertiary/aromatic N) is 3. The highest BCUT2D eigenvalue weighted by atomic mass is 16.5. The topological polar surface area (TPSA) is 99.6 Å². The molecule has 0 bridgehead atoms. The van der Waals surface area contributed by atoms with Crippen LogP contribution in [0.3, 0.4) is 0 Å². The van der Waals surface area contributed by atoms with Crippen molar-refractivity contribution in [2.75, 3.05) is 19.8 Å². The summed E-state index contributed by atoms with van der Waals surface area (Å²) >= 11 is 0. The van der Waals surface area contributed by atoms with Crippen molar-refractivity contribution < 1.29 is 19.1 Å². The Morgan fingerprint density at radius 3 is 2.74 bits per heavy atom. The summed E-state index contributed by atoms with van der Waals surface area (Å²) in [5, 5.41) is 19.5. The maximum atomic E-state index is 11.6. The van der Waals surface area contributed by atoms with Gasteiger partial charge in [0.05, 0.1) is 24.3 Å². The van der Waals surface area contributed by atoms with E-state index in [0.717, 1.165) is 22.3 Å². The highest BCUT2D eigenvalue weighted by Crippen LogP contribution is 2.34. The number of hydrogen-bond donors (Lipinski definition) is 1. The van der Waals surface area contributed by atoms with Crippen molar-refractivity contribution in [1.82, 2.24) is 9.88 Å². The number of ether oxygens (including phenoxy) is 1. The molecule has 0 spiro atoms. The molecule has 0 radical (unpaired) electrons. The smallest absolute Gasteiger partial charge is 0.323 e. The van der Waals surface area contributed by atoms with Crippen molar-refractivity contribution in [2.45, 2.75) is 19.5 Å². The van der Waals surface area contributed by atoms with Crippen LogP contribution >= 0.6 is 0 Å². The Hall–Kier alpha value is -3.99. The Morgan fingerprint density at radius 2 is 1.97 bits per heavy atom. The molecule has 0 saturated carbocycles. The van der Waals surface area contributed by atoms with Crippen molar-refractivity contribution in [3.63, 3.8) is 0 Å². The maximum absolute atomic E-state index is 11.6. The Kier molecular flexibility index (Phi) is 5.84. The molecule has 3 aromatic carbocycles. The SMILES string of the molecule is Cc1cc2oc(-c3cccc(-c4ccccc4)c3C#N)nc2cc1CN1CCOC[C@H]1C(=O)O. The number of carboxylic acids is 1. The number of carbonyl (C=O) groups is 1. The van der Waals surface area contributed by atoms with Gasteiger partial charge in [-0.1, -0.05) is 42.5 Å². The van der Waals surface area contributed by atoms with Gasteiger partial charge in [-0.15, -0.1) is 0 Å². The summed E-state index contributed by atoms with van der Waals surface area (Å²) in [6.45, 7) is 3.70. The van der Waals surface area contributed by atoms with Gasteiger partial charge in [-0.2, -0.15) is 5.26 Å². The van der Waals surface area contributed by atoms with E-state index in [1.165, 1.54) is 0 Å². The Bertz CT molecular complexity index is 1400. The first-order chi connectivity index (χ1) is 16.5. The van der Waals surface area contributed by atoms with Gasteiger partial charge in [0.25, 0.3) is 0 Å². The predicted octanol–water partition coefficient (Wildman–Crippen LogP) is 4.63. The predicted molar refractivity (Wildman–Crippen MR) is 127 cm³/mol. The molecule has 1 aliphatic rings. The van der Waals surface area contributed by atoms with Gasteiger partial charge in [0.2, 0.25) is 5.89 Å². The second-order valence-electron chi connectivity index (χ2n) is 8.37. The van der Waals surface area contributed by atoms with Gasteiger partial charge in [-0.05, 0) is 41.8 Å². The number of aromatic nitrogens is 1. The van der Waals surface area contributed by atoms with Gasteiger partial charge in [-0.3, -0.25) is 9.69 Å². The second-order valence-corrected chi connectivity index (χ2v) is 8.37. The number of aryl methyl sites for hydroxylation is 1. The summed E-state index contributed by atoms with van der Waals surface area (Å²) < 4.78 is 11.4. The molecule has 34 heavy (non-hydrogen) atoms. The summed E-state index contributed by atoms with van der Waals surface area (Å²) in [6, 6.07) is 20.9. The van der Waals surface area contributed by atoms with E-state index in [2.05, 4.69) is 6.07 Å². The molecule has 2 heterocycles. The fourth-order valence-electron chi connectivity index (χ4n) is 4.39. The summed E-state index contributed by atoms with van der Waals surface area (Å²) in [6.07, 6.45) is 0. The van der Waals surface area contributed by atoms with E-state index in [9.17, 15) is 15.2 Å². The van der Waals surface area contributed by atoms with Crippen molar-refractivity contribution in [3.05, 3.63) is 77.4 Å². The van der Waals surface area contributed by atoms with Gasteiger partial charge in [0.1, 0.15) is 17.6 Å². The minimum atomic E-state index is -0.885. The van der Waals surface area contributed by atoms with Gasteiger partial charge < -0.3 is 14.3 Å². The van der Waals surface area contributed by atoms with Crippen LogP contribution in [0.1, 0.15) is 16.7 Å². The average Bonchev–Trinajstić information content (AvgIpc) is 3.27. The number of morpholine rings is 1. The molecule has 1 fully saturated rings. The van der Waals surface area contributed by atoms with Crippen LogP contribution in [0.15, 0.2) is 65.1 Å². The first-order valence-corrected chi connectivity index (χ1v) is 11.1. The molecule has 7 nitrogen and oxygen atoms in total. The number of carboxylic acid groups (broad SMARTS) is 1. The average molecular weight is 453 g/mol. The first-order valence-electron chi connectivity index (χ1n) is 11.1. The van der Waals surface area contributed by atoms with Gasteiger partial charge >= 0.3 is 5.97 Å².